The first-order valence-electron chi connectivity index (χ1n) is 9.00. The average molecular weight is 413 g/mol. The maximum atomic E-state index is 6.21. The second kappa shape index (κ2) is 6.60. The van der Waals surface area contributed by atoms with E-state index in [2.05, 4.69) is 60.4 Å². The van der Waals surface area contributed by atoms with Crippen LogP contribution in [0, 0.1) is 11.8 Å². The summed E-state index contributed by atoms with van der Waals surface area (Å²) in [6.45, 7) is 11.4. The molecule has 0 bridgehead atoms. The first-order valence-corrected chi connectivity index (χ1v) is 10.2. The van der Waals surface area contributed by atoms with E-state index in [4.69, 9.17) is 16.6 Å². The summed E-state index contributed by atoms with van der Waals surface area (Å²) >= 11 is 10.2. The molecule has 2 heterocycles. The zero-order chi connectivity index (χ0) is 17.6. The zero-order valence-electron chi connectivity index (χ0n) is 15.2. The summed E-state index contributed by atoms with van der Waals surface area (Å²) in [5.74, 6) is 1.86. The lowest BCUT2D eigenvalue weighted by Gasteiger charge is -2.47. The summed E-state index contributed by atoms with van der Waals surface area (Å²) in [4.78, 5) is 11.5. The van der Waals surface area contributed by atoms with Crippen LogP contribution in [0.3, 0.4) is 0 Å². The van der Waals surface area contributed by atoms with Gasteiger partial charge in [-0.3, -0.25) is 0 Å². The second-order valence-electron chi connectivity index (χ2n) is 7.90. The highest BCUT2D eigenvalue weighted by Gasteiger charge is 2.46. The fraction of sp³-hybridized carbons (Fsp3) is 0.684. The quantitative estimate of drug-likeness (QED) is 0.564. The Labute approximate surface area is 159 Å². The van der Waals surface area contributed by atoms with Gasteiger partial charge in [0, 0.05) is 33.4 Å². The van der Waals surface area contributed by atoms with Crippen molar-refractivity contribution in [2.45, 2.75) is 71.8 Å². The molecular formula is C19H27BrClN3. The van der Waals surface area contributed by atoms with E-state index in [1.54, 1.807) is 0 Å². The molecule has 0 N–H and O–H groups in total. The maximum Gasteiger partial charge on any atom is 0.224 e. The van der Waals surface area contributed by atoms with E-state index in [1.165, 1.54) is 41.4 Å². The molecule has 0 aromatic carbocycles. The number of anilines is 1. The molecule has 1 aliphatic heterocycles. The van der Waals surface area contributed by atoms with E-state index in [-0.39, 0.29) is 5.41 Å². The standard InChI is InChI=1S/C19H27BrClN3/c1-11(2)15-16(20)19(5,12(3)4)14-10-22-18(21)23-17(14)24(15)13-8-6-7-9-13/h10-13H,6-9H2,1-5H3. The Bertz CT molecular complexity index is 665. The fourth-order valence-electron chi connectivity index (χ4n) is 4.13. The number of hydrogen-bond acceptors (Lipinski definition) is 3. The molecule has 0 amide bonds. The highest BCUT2D eigenvalue weighted by atomic mass is 79.9. The summed E-state index contributed by atoms with van der Waals surface area (Å²) in [5.41, 5.74) is 2.42. The molecule has 24 heavy (non-hydrogen) atoms. The van der Waals surface area contributed by atoms with Crippen molar-refractivity contribution in [1.82, 2.24) is 9.97 Å². The van der Waals surface area contributed by atoms with Crippen LogP contribution in [0.25, 0.3) is 0 Å². The van der Waals surface area contributed by atoms with Gasteiger partial charge in [0.25, 0.3) is 0 Å². The first-order chi connectivity index (χ1) is 11.3. The van der Waals surface area contributed by atoms with Gasteiger partial charge in [0.2, 0.25) is 5.28 Å². The van der Waals surface area contributed by atoms with Crippen molar-refractivity contribution in [1.29, 1.82) is 0 Å². The van der Waals surface area contributed by atoms with Gasteiger partial charge in [-0.05, 0) is 36.3 Å². The lowest BCUT2D eigenvalue weighted by Crippen LogP contribution is -2.45. The summed E-state index contributed by atoms with van der Waals surface area (Å²) in [7, 11) is 0. The average Bonchev–Trinajstić information content (AvgIpc) is 3.03. The normalized spacial score (nSPS) is 25.1. The van der Waals surface area contributed by atoms with Crippen molar-refractivity contribution in [3.05, 3.63) is 27.2 Å². The van der Waals surface area contributed by atoms with Gasteiger partial charge in [-0.15, -0.1) is 0 Å². The third-order valence-corrected chi connectivity index (χ3v) is 7.27. The number of nitrogens with zero attached hydrogens (tertiary/aromatic N) is 3. The van der Waals surface area contributed by atoms with E-state index in [0.717, 1.165) is 5.82 Å². The summed E-state index contributed by atoms with van der Waals surface area (Å²) in [6.07, 6.45) is 6.95. The fourth-order valence-corrected chi connectivity index (χ4v) is 5.58. The topological polar surface area (TPSA) is 29.0 Å². The molecule has 1 aliphatic carbocycles. The van der Waals surface area contributed by atoms with Crippen molar-refractivity contribution in [2.24, 2.45) is 11.8 Å². The van der Waals surface area contributed by atoms with E-state index in [1.807, 2.05) is 6.20 Å². The Hall–Kier alpha value is -0.610. The summed E-state index contributed by atoms with van der Waals surface area (Å²) in [6, 6.07) is 0.511. The highest BCUT2D eigenvalue weighted by molar-refractivity contribution is 9.11. The Morgan fingerprint density at radius 1 is 1.25 bits per heavy atom. The summed E-state index contributed by atoms with van der Waals surface area (Å²) < 4.78 is 1.28. The van der Waals surface area contributed by atoms with Crippen molar-refractivity contribution in [2.75, 3.05) is 4.90 Å². The molecule has 1 atom stereocenters. The molecule has 0 saturated heterocycles. The minimum absolute atomic E-state index is 0.130. The molecule has 1 saturated carbocycles. The van der Waals surface area contributed by atoms with E-state index < -0.39 is 0 Å². The highest BCUT2D eigenvalue weighted by Crippen LogP contribution is 2.53. The molecule has 5 heteroatoms. The van der Waals surface area contributed by atoms with Crippen LogP contribution in [0.2, 0.25) is 5.28 Å². The van der Waals surface area contributed by atoms with Crippen LogP contribution in [0.1, 0.15) is 65.9 Å². The molecule has 132 valence electrons. The Kier molecular flexibility index (Phi) is 5.00. The molecule has 1 aromatic heterocycles. The SMILES string of the molecule is CC(C)C1=C(Br)C(C)(C(C)C)c2cnc(Cl)nc2N1C1CCCC1. The van der Waals surface area contributed by atoms with E-state index in [0.29, 0.717) is 23.2 Å². The molecule has 0 spiro atoms. The number of halogens is 2. The van der Waals surface area contributed by atoms with Crippen LogP contribution >= 0.6 is 27.5 Å². The van der Waals surface area contributed by atoms with E-state index in [9.17, 15) is 0 Å². The molecule has 1 aromatic rings. The van der Waals surface area contributed by atoms with Gasteiger partial charge >= 0.3 is 0 Å². The maximum absolute atomic E-state index is 6.21. The smallest absolute Gasteiger partial charge is 0.224 e. The zero-order valence-corrected chi connectivity index (χ0v) is 17.6. The number of rotatable bonds is 3. The van der Waals surface area contributed by atoms with Gasteiger partial charge in [-0.2, -0.15) is 4.98 Å². The monoisotopic (exact) mass is 411 g/mol. The number of allylic oxidation sites excluding steroid dienone is 2. The van der Waals surface area contributed by atoms with Gasteiger partial charge in [0.05, 0.1) is 0 Å². The van der Waals surface area contributed by atoms with Crippen LogP contribution in [-0.4, -0.2) is 16.0 Å². The molecular weight excluding hydrogens is 386 g/mol. The largest absolute Gasteiger partial charge is 0.326 e. The Morgan fingerprint density at radius 2 is 1.88 bits per heavy atom. The van der Waals surface area contributed by atoms with Crippen molar-refractivity contribution in [3.8, 4) is 0 Å². The molecule has 3 rings (SSSR count). The van der Waals surface area contributed by atoms with E-state index >= 15 is 0 Å². The molecule has 1 unspecified atom stereocenters. The van der Waals surface area contributed by atoms with Crippen molar-refractivity contribution < 1.29 is 0 Å². The predicted molar refractivity (Wildman–Crippen MR) is 105 cm³/mol. The molecule has 3 nitrogen and oxygen atoms in total. The van der Waals surface area contributed by atoms with Gasteiger partial charge in [0.15, 0.2) is 0 Å². The van der Waals surface area contributed by atoms with Crippen LogP contribution in [0.15, 0.2) is 16.4 Å². The Morgan fingerprint density at radius 3 is 2.42 bits per heavy atom. The molecule has 0 radical (unpaired) electrons. The lowest BCUT2D eigenvalue weighted by atomic mass is 9.70. The summed E-state index contributed by atoms with van der Waals surface area (Å²) in [5, 5.41) is 0.337. The molecule has 1 fully saturated rings. The predicted octanol–water partition coefficient (Wildman–Crippen LogP) is 6.07. The minimum atomic E-state index is -0.130. The van der Waals surface area contributed by atoms with Gasteiger partial charge < -0.3 is 4.90 Å². The van der Waals surface area contributed by atoms with Gasteiger partial charge in [0.1, 0.15) is 5.82 Å². The van der Waals surface area contributed by atoms with Crippen molar-refractivity contribution in [3.63, 3.8) is 0 Å². The van der Waals surface area contributed by atoms with Crippen LogP contribution in [-0.2, 0) is 5.41 Å². The number of fused-ring (bicyclic) bond motifs is 1. The third kappa shape index (κ3) is 2.70. The minimum Gasteiger partial charge on any atom is -0.326 e. The molecule has 2 aliphatic rings. The second-order valence-corrected chi connectivity index (χ2v) is 9.03. The van der Waals surface area contributed by atoms with Gasteiger partial charge in [-0.25, -0.2) is 4.98 Å². The van der Waals surface area contributed by atoms with Crippen LogP contribution in [0.5, 0.6) is 0 Å². The van der Waals surface area contributed by atoms with Crippen LogP contribution < -0.4 is 4.90 Å². The number of hydrogen-bond donors (Lipinski definition) is 0. The van der Waals surface area contributed by atoms with Crippen LogP contribution in [0.4, 0.5) is 5.82 Å². The van der Waals surface area contributed by atoms with Gasteiger partial charge in [-0.1, -0.05) is 63.4 Å². The first kappa shape index (κ1) is 18.2. The Balaban J connectivity index is 2.29. The third-order valence-electron chi connectivity index (χ3n) is 5.86. The lowest BCUT2D eigenvalue weighted by molar-refractivity contribution is 0.393. The number of aromatic nitrogens is 2. The van der Waals surface area contributed by atoms with Crippen molar-refractivity contribution >= 4 is 33.3 Å².